The van der Waals surface area contributed by atoms with Crippen LogP contribution in [-0.4, -0.2) is 49.6 Å². The minimum atomic E-state index is -0.0347. The minimum absolute atomic E-state index is 0.0347. The van der Waals surface area contributed by atoms with Crippen LogP contribution in [0.5, 0.6) is 0 Å². The van der Waals surface area contributed by atoms with Crippen LogP contribution >= 0.6 is 0 Å². The normalized spacial score (nSPS) is 14.2. The lowest BCUT2D eigenvalue weighted by atomic mass is 10.2. The molecule has 0 saturated heterocycles. The van der Waals surface area contributed by atoms with Gasteiger partial charge in [-0.05, 0) is 30.9 Å². The lowest BCUT2D eigenvalue weighted by Gasteiger charge is -2.18. The molecule has 1 aliphatic carbocycles. The van der Waals surface area contributed by atoms with Crippen molar-refractivity contribution in [1.29, 1.82) is 0 Å². The van der Waals surface area contributed by atoms with E-state index in [1.807, 2.05) is 0 Å². The van der Waals surface area contributed by atoms with E-state index in [0.717, 1.165) is 12.5 Å². The van der Waals surface area contributed by atoms with Crippen LogP contribution in [0, 0.1) is 5.92 Å². The highest BCUT2D eigenvalue weighted by molar-refractivity contribution is 5.98. The average molecular weight is 263 g/mol. The molecule has 19 heavy (non-hydrogen) atoms. The van der Waals surface area contributed by atoms with Crippen molar-refractivity contribution in [1.82, 2.24) is 9.88 Å². The summed E-state index contributed by atoms with van der Waals surface area (Å²) in [4.78, 5) is 18.1. The summed E-state index contributed by atoms with van der Waals surface area (Å²) in [5, 5.41) is 2.93. The van der Waals surface area contributed by atoms with Crippen LogP contribution in [0.3, 0.4) is 0 Å². The van der Waals surface area contributed by atoms with Gasteiger partial charge in [-0.3, -0.25) is 4.79 Å². The second-order valence-electron chi connectivity index (χ2n) is 4.89. The van der Waals surface area contributed by atoms with Crippen molar-refractivity contribution in [3.63, 3.8) is 0 Å². The molecule has 0 aromatic carbocycles. The molecule has 2 rings (SSSR count). The zero-order chi connectivity index (χ0) is 13.7. The molecular formula is C14H21N3O2. The van der Waals surface area contributed by atoms with E-state index < -0.39 is 0 Å². The van der Waals surface area contributed by atoms with Gasteiger partial charge < -0.3 is 15.0 Å². The molecule has 0 radical (unpaired) electrons. The number of likely N-dealkylation sites (N-methyl/N-ethyl adjacent to an activating group) is 1. The van der Waals surface area contributed by atoms with E-state index in [-0.39, 0.29) is 5.91 Å². The van der Waals surface area contributed by atoms with E-state index in [1.54, 1.807) is 37.3 Å². The number of carbonyl (C=O) groups excluding carboxylic acids is 1. The highest BCUT2D eigenvalue weighted by Gasteiger charge is 2.21. The van der Waals surface area contributed by atoms with Crippen molar-refractivity contribution in [2.75, 3.05) is 39.2 Å². The molecule has 0 aliphatic heterocycles. The number of pyridine rings is 1. The van der Waals surface area contributed by atoms with Crippen molar-refractivity contribution in [3.05, 3.63) is 23.9 Å². The van der Waals surface area contributed by atoms with E-state index in [1.165, 1.54) is 12.8 Å². The van der Waals surface area contributed by atoms with Gasteiger partial charge in [0.1, 0.15) is 5.82 Å². The Morgan fingerprint density at radius 1 is 1.58 bits per heavy atom. The third kappa shape index (κ3) is 3.92. The molecule has 1 N–H and O–H groups in total. The number of ether oxygens (including phenoxy) is 1. The fraction of sp³-hybridized carbons (Fsp3) is 0.571. The number of amides is 1. The van der Waals surface area contributed by atoms with Gasteiger partial charge in [0.2, 0.25) is 0 Å². The zero-order valence-corrected chi connectivity index (χ0v) is 11.6. The van der Waals surface area contributed by atoms with Crippen LogP contribution in [-0.2, 0) is 4.74 Å². The number of nitrogens with zero attached hydrogens (tertiary/aromatic N) is 2. The summed E-state index contributed by atoms with van der Waals surface area (Å²) in [6, 6.07) is 3.55. The number of hydrogen-bond donors (Lipinski definition) is 1. The summed E-state index contributed by atoms with van der Waals surface area (Å²) in [6.07, 6.45) is 4.24. The van der Waals surface area contributed by atoms with E-state index >= 15 is 0 Å². The van der Waals surface area contributed by atoms with Crippen molar-refractivity contribution >= 4 is 11.7 Å². The Morgan fingerprint density at radius 2 is 2.37 bits per heavy atom. The Kier molecular flexibility index (Phi) is 4.74. The molecule has 0 unspecified atom stereocenters. The van der Waals surface area contributed by atoms with Gasteiger partial charge in [-0.15, -0.1) is 0 Å². The first-order chi connectivity index (χ1) is 9.22. The van der Waals surface area contributed by atoms with Crippen molar-refractivity contribution in [3.8, 4) is 0 Å². The van der Waals surface area contributed by atoms with Crippen LogP contribution in [0.15, 0.2) is 18.3 Å². The maximum absolute atomic E-state index is 12.3. The maximum atomic E-state index is 12.3. The quantitative estimate of drug-likeness (QED) is 0.760. The van der Waals surface area contributed by atoms with Gasteiger partial charge in [-0.1, -0.05) is 0 Å². The predicted octanol–water partition coefficient (Wildman–Crippen LogP) is 1.62. The first-order valence-corrected chi connectivity index (χ1v) is 6.68. The van der Waals surface area contributed by atoms with Gasteiger partial charge in [0.25, 0.3) is 5.91 Å². The second kappa shape index (κ2) is 6.52. The molecule has 0 atom stereocenters. The fourth-order valence-corrected chi connectivity index (χ4v) is 1.82. The van der Waals surface area contributed by atoms with Gasteiger partial charge in [0.15, 0.2) is 0 Å². The van der Waals surface area contributed by atoms with Gasteiger partial charge in [0, 0.05) is 33.4 Å². The topological polar surface area (TPSA) is 54.5 Å². The van der Waals surface area contributed by atoms with E-state index in [9.17, 15) is 4.79 Å². The number of aromatic nitrogens is 1. The highest BCUT2D eigenvalue weighted by atomic mass is 16.5. The molecule has 104 valence electrons. The van der Waals surface area contributed by atoms with Crippen LogP contribution < -0.4 is 5.32 Å². The molecule has 0 spiro atoms. The molecular weight excluding hydrogens is 242 g/mol. The van der Waals surface area contributed by atoms with Crippen LogP contribution in [0.1, 0.15) is 23.2 Å². The predicted molar refractivity (Wildman–Crippen MR) is 74.3 cm³/mol. The third-order valence-electron chi connectivity index (χ3n) is 3.24. The summed E-state index contributed by atoms with van der Waals surface area (Å²) in [5.41, 5.74) is 0.592. The van der Waals surface area contributed by atoms with E-state index in [4.69, 9.17) is 4.74 Å². The molecule has 0 bridgehead atoms. The summed E-state index contributed by atoms with van der Waals surface area (Å²) in [5.74, 6) is 1.33. The Balaban J connectivity index is 1.82. The number of rotatable bonds is 7. The summed E-state index contributed by atoms with van der Waals surface area (Å²) < 4.78 is 5.55. The van der Waals surface area contributed by atoms with Crippen molar-refractivity contribution in [2.45, 2.75) is 12.8 Å². The Hall–Kier alpha value is -1.62. The summed E-state index contributed by atoms with van der Waals surface area (Å²) >= 11 is 0. The lowest BCUT2D eigenvalue weighted by molar-refractivity contribution is 0.0681. The van der Waals surface area contributed by atoms with Crippen molar-refractivity contribution in [2.24, 2.45) is 5.92 Å². The van der Waals surface area contributed by atoms with Crippen LogP contribution in [0.25, 0.3) is 0 Å². The first kappa shape index (κ1) is 13.8. The number of carbonyl (C=O) groups is 1. The highest BCUT2D eigenvalue weighted by Crippen LogP contribution is 2.28. The van der Waals surface area contributed by atoms with Gasteiger partial charge >= 0.3 is 0 Å². The number of anilines is 1. The van der Waals surface area contributed by atoms with E-state index in [2.05, 4.69) is 10.3 Å². The molecule has 1 amide bonds. The van der Waals surface area contributed by atoms with E-state index in [0.29, 0.717) is 24.5 Å². The van der Waals surface area contributed by atoms with Gasteiger partial charge in [-0.2, -0.15) is 0 Å². The molecule has 5 heteroatoms. The van der Waals surface area contributed by atoms with Crippen molar-refractivity contribution < 1.29 is 9.53 Å². The SMILES string of the molecule is CNc1ncccc1C(=O)N(C)CCOCC1CC1. The fourth-order valence-electron chi connectivity index (χ4n) is 1.82. The third-order valence-corrected chi connectivity index (χ3v) is 3.24. The maximum Gasteiger partial charge on any atom is 0.257 e. The molecule has 1 aliphatic rings. The molecule has 1 aromatic heterocycles. The zero-order valence-electron chi connectivity index (χ0n) is 11.6. The first-order valence-electron chi connectivity index (χ1n) is 6.68. The standard InChI is InChI=1S/C14H21N3O2/c1-15-13-12(4-3-7-16-13)14(18)17(2)8-9-19-10-11-5-6-11/h3-4,7,11H,5-6,8-10H2,1-2H3,(H,15,16). The monoisotopic (exact) mass is 263 g/mol. The van der Waals surface area contributed by atoms with Gasteiger partial charge in [-0.25, -0.2) is 4.98 Å². The van der Waals surface area contributed by atoms with Crippen LogP contribution in [0.2, 0.25) is 0 Å². The lowest BCUT2D eigenvalue weighted by Crippen LogP contribution is -2.31. The number of hydrogen-bond acceptors (Lipinski definition) is 4. The second-order valence-corrected chi connectivity index (χ2v) is 4.89. The van der Waals surface area contributed by atoms with Crippen LogP contribution in [0.4, 0.5) is 5.82 Å². The number of nitrogens with one attached hydrogen (secondary N) is 1. The molecule has 1 fully saturated rings. The smallest absolute Gasteiger partial charge is 0.257 e. The Morgan fingerprint density at radius 3 is 3.05 bits per heavy atom. The largest absolute Gasteiger partial charge is 0.379 e. The molecule has 1 heterocycles. The van der Waals surface area contributed by atoms with Gasteiger partial charge in [0.05, 0.1) is 12.2 Å². The Labute approximate surface area is 114 Å². The summed E-state index contributed by atoms with van der Waals surface area (Å²) in [7, 11) is 3.55. The summed E-state index contributed by atoms with van der Waals surface area (Å²) in [6.45, 7) is 2.02. The minimum Gasteiger partial charge on any atom is -0.379 e. The Bertz CT molecular complexity index is 432. The average Bonchev–Trinajstić information content (AvgIpc) is 3.26. The molecule has 1 saturated carbocycles. The molecule has 1 aromatic rings. The molecule has 5 nitrogen and oxygen atoms in total.